The van der Waals surface area contributed by atoms with Crippen molar-refractivity contribution in [1.82, 2.24) is 9.55 Å². The van der Waals surface area contributed by atoms with E-state index in [-0.39, 0.29) is 18.7 Å². The topological polar surface area (TPSA) is 64.4 Å². The molecule has 0 unspecified atom stereocenters. The lowest BCUT2D eigenvalue weighted by atomic mass is 10.1. The molecule has 2 aromatic carbocycles. The Labute approximate surface area is 170 Å². The van der Waals surface area contributed by atoms with E-state index in [1.54, 1.807) is 12.1 Å². The van der Waals surface area contributed by atoms with Gasteiger partial charge in [0.15, 0.2) is 0 Å². The molecule has 0 amide bonds. The van der Waals surface area contributed by atoms with Gasteiger partial charge in [0.25, 0.3) is 5.56 Å². The zero-order valence-electron chi connectivity index (χ0n) is 14.8. The zero-order chi connectivity index (χ0) is 19.5. The van der Waals surface area contributed by atoms with Gasteiger partial charge in [-0.2, -0.15) is 0 Å². The Bertz CT molecular complexity index is 1140. The number of hydrogen-bond acceptors (Lipinski definition) is 5. The Balaban J connectivity index is 1.58. The monoisotopic (exact) mass is 412 g/mol. The van der Waals surface area contributed by atoms with E-state index in [1.165, 1.54) is 22.2 Å². The second-order valence-electron chi connectivity index (χ2n) is 6.32. The molecule has 1 N–H and O–H groups in total. The van der Waals surface area contributed by atoms with Gasteiger partial charge >= 0.3 is 0 Å². The fourth-order valence-corrected chi connectivity index (χ4v) is 3.96. The van der Waals surface area contributed by atoms with Crippen LogP contribution in [0.1, 0.15) is 0 Å². The Morgan fingerprint density at radius 2 is 1.89 bits per heavy atom. The first-order valence-electron chi connectivity index (χ1n) is 8.70. The smallest absolute Gasteiger partial charge is 0.262 e. The summed E-state index contributed by atoms with van der Waals surface area (Å²) in [7, 11) is 0. The molecular formula is C21H17ClN2O3S. The Hall–Kier alpha value is -2.67. The normalized spacial score (nSPS) is 12.2. The molecule has 0 spiro atoms. The Morgan fingerprint density at radius 3 is 2.64 bits per heavy atom. The van der Waals surface area contributed by atoms with Crippen LogP contribution < -0.4 is 10.3 Å². The first kappa shape index (κ1) is 18.7. The summed E-state index contributed by atoms with van der Waals surface area (Å²) in [5.41, 5.74) is 1.54. The number of aliphatic hydroxyl groups is 1. The number of thiophene rings is 1. The molecule has 0 saturated heterocycles. The molecule has 5 nitrogen and oxygen atoms in total. The van der Waals surface area contributed by atoms with Crippen molar-refractivity contribution in [3.63, 3.8) is 0 Å². The van der Waals surface area contributed by atoms with E-state index in [0.29, 0.717) is 21.0 Å². The van der Waals surface area contributed by atoms with E-state index < -0.39 is 6.10 Å². The lowest BCUT2D eigenvalue weighted by Gasteiger charge is -2.14. The molecule has 4 aromatic rings. The Kier molecular flexibility index (Phi) is 5.43. The third-order valence-electron chi connectivity index (χ3n) is 4.31. The third-order valence-corrected chi connectivity index (χ3v) is 5.45. The maximum absolute atomic E-state index is 13.0. The number of benzene rings is 2. The third kappa shape index (κ3) is 3.94. The first-order chi connectivity index (χ1) is 13.6. The minimum Gasteiger partial charge on any atom is -0.491 e. The molecule has 2 aromatic heterocycles. The predicted molar refractivity (Wildman–Crippen MR) is 112 cm³/mol. The van der Waals surface area contributed by atoms with Crippen LogP contribution in [0.5, 0.6) is 5.75 Å². The largest absolute Gasteiger partial charge is 0.491 e. The van der Waals surface area contributed by atoms with Gasteiger partial charge in [-0.15, -0.1) is 11.3 Å². The summed E-state index contributed by atoms with van der Waals surface area (Å²) in [6.07, 6.45) is 0.633. The van der Waals surface area contributed by atoms with Crippen LogP contribution in [-0.4, -0.2) is 27.4 Å². The van der Waals surface area contributed by atoms with Crippen molar-refractivity contribution < 1.29 is 9.84 Å². The average molecular weight is 413 g/mol. The molecule has 0 radical (unpaired) electrons. The van der Waals surface area contributed by atoms with Gasteiger partial charge in [0, 0.05) is 16.0 Å². The summed E-state index contributed by atoms with van der Waals surface area (Å²) < 4.78 is 6.98. The summed E-state index contributed by atoms with van der Waals surface area (Å²) >= 11 is 7.38. The van der Waals surface area contributed by atoms with Crippen LogP contribution in [0.3, 0.4) is 0 Å². The summed E-state index contributed by atoms with van der Waals surface area (Å²) in [4.78, 5) is 18.1. The van der Waals surface area contributed by atoms with E-state index in [0.717, 1.165) is 11.1 Å². The summed E-state index contributed by atoms with van der Waals surface area (Å²) in [6.45, 7) is 0.187. The minimum atomic E-state index is -0.838. The highest BCUT2D eigenvalue weighted by Gasteiger charge is 2.15. The molecule has 0 bridgehead atoms. The van der Waals surface area contributed by atoms with Gasteiger partial charge in [-0.05, 0) is 29.8 Å². The molecule has 7 heteroatoms. The van der Waals surface area contributed by atoms with Crippen molar-refractivity contribution >= 4 is 33.2 Å². The molecule has 2 heterocycles. The molecule has 28 heavy (non-hydrogen) atoms. The number of aliphatic hydroxyl groups excluding tert-OH is 1. The van der Waals surface area contributed by atoms with Crippen molar-refractivity contribution in [2.45, 2.75) is 12.6 Å². The van der Waals surface area contributed by atoms with E-state index in [4.69, 9.17) is 16.3 Å². The number of nitrogens with zero attached hydrogens (tertiary/aromatic N) is 2. The second kappa shape index (κ2) is 8.14. The standard InChI is InChI=1S/C21H17ClN2O3S/c22-15-8-6-14(7-9-15)18-12-28-20-19(18)21(26)24(13-23-20)10-16(25)11-27-17-4-2-1-3-5-17/h1-9,12-13,16,25H,10-11H2/t16-/m1/s1. The summed E-state index contributed by atoms with van der Waals surface area (Å²) in [5, 5.41) is 13.4. The maximum Gasteiger partial charge on any atom is 0.262 e. The average Bonchev–Trinajstić information content (AvgIpc) is 3.15. The van der Waals surface area contributed by atoms with E-state index in [9.17, 15) is 9.90 Å². The molecule has 1 atom stereocenters. The van der Waals surface area contributed by atoms with Crippen LogP contribution in [0, 0.1) is 0 Å². The van der Waals surface area contributed by atoms with E-state index in [1.807, 2.05) is 47.8 Å². The van der Waals surface area contributed by atoms with Gasteiger partial charge in [0.1, 0.15) is 23.3 Å². The first-order valence-corrected chi connectivity index (χ1v) is 9.96. The molecule has 142 valence electrons. The van der Waals surface area contributed by atoms with Crippen LogP contribution in [-0.2, 0) is 6.54 Å². The summed E-state index contributed by atoms with van der Waals surface area (Å²) in [6, 6.07) is 16.6. The molecule has 0 saturated carbocycles. The van der Waals surface area contributed by atoms with Crippen molar-refractivity contribution in [2.24, 2.45) is 0 Å². The van der Waals surface area contributed by atoms with Gasteiger partial charge in [0.2, 0.25) is 0 Å². The number of fused-ring (bicyclic) bond motifs is 1. The number of halogens is 1. The number of para-hydroxylation sites is 1. The molecular weight excluding hydrogens is 396 g/mol. The van der Waals surface area contributed by atoms with E-state index in [2.05, 4.69) is 4.98 Å². The van der Waals surface area contributed by atoms with Crippen LogP contribution in [0.25, 0.3) is 21.3 Å². The minimum absolute atomic E-state index is 0.0855. The molecule has 0 aliphatic heterocycles. The zero-order valence-corrected chi connectivity index (χ0v) is 16.4. The van der Waals surface area contributed by atoms with Gasteiger partial charge in [-0.3, -0.25) is 9.36 Å². The lowest BCUT2D eigenvalue weighted by Crippen LogP contribution is -2.30. The molecule has 0 aliphatic rings. The maximum atomic E-state index is 13.0. The molecule has 0 fully saturated rings. The number of rotatable bonds is 6. The lowest BCUT2D eigenvalue weighted by molar-refractivity contribution is 0.0915. The van der Waals surface area contributed by atoms with Crippen LogP contribution in [0.15, 0.2) is 71.1 Å². The fourth-order valence-electron chi connectivity index (χ4n) is 2.93. The van der Waals surface area contributed by atoms with Gasteiger partial charge < -0.3 is 9.84 Å². The van der Waals surface area contributed by atoms with Gasteiger partial charge in [-0.25, -0.2) is 4.98 Å². The highest BCUT2D eigenvalue weighted by Crippen LogP contribution is 2.31. The van der Waals surface area contributed by atoms with Crippen molar-refractivity contribution in [2.75, 3.05) is 6.61 Å². The number of aromatic nitrogens is 2. The number of hydrogen-bond donors (Lipinski definition) is 1. The van der Waals surface area contributed by atoms with Gasteiger partial charge in [-0.1, -0.05) is 41.9 Å². The number of ether oxygens (including phenoxy) is 1. The van der Waals surface area contributed by atoms with Crippen LogP contribution in [0.4, 0.5) is 0 Å². The Morgan fingerprint density at radius 1 is 1.14 bits per heavy atom. The van der Waals surface area contributed by atoms with Crippen molar-refractivity contribution in [3.05, 3.63) is 81.7 Å². The SMILES string of the molecule is O=c1c2c(-c3ccc(Cl)cc3)csc2ncn1C[C@@H](O)COc1ccccc1. The highest BCUT2D eigenvalue weighted by molar-refractivity contribution is 7.17. The quantitative estimate of drug-likeness (QED) is 0.515. The summed E-state index contributed by atoms with van der Waals surface area (Å²) in [5.74, 6) is 0.672. The van der Waals surface area contributed by atoms with Crippen molar-refractivity contribution in [1.29, 1.82) is 0 Å². The van der Waals surface area contributed by atoms with Crippen LogP contribution >= 0.6 is 22.9 Å². The predicted octanol–water partition coefficient (Wildman–Crippen LogP) is 4.22. The van der Waals surface area contributed by atoms with E-state index >= 15 is 0 Å². The van der Waals surface area contributed by atoms with Gasteiger partial charge in [0.05, 0.1) is 18.3 Å². The van der Waals surface area contributed by atoms with Crippen LogP contribution in [0.2, 0.25) is 5.02 Å². The molecule has 0 aliphatic carbocycles. The highest BCUT2D eigenvalue weighted by atomic mass is 35.5. The van der Waals surface area contributed by atoms with Crippen molar-refractivity contribution in [3.8, 4) is 16.9 Å². The second-order valence-corrected chi connectivity index (χ2v) is 7.61. The fraction of sp³-hybridized carbons (Fsp3) is 0.143. The molecule has 4 rings (SSSR count).